The number of halogens is 1. The molecule has 0 fully saturated rings. The number of carbonyl (C=O) groups excluding carboxylic acids is 1. The highest BCUT2D eigenvalue weighted by molar-refractivity contribution is 7.89. The lowest BCUT2D eigenvalue weighted by Crippen LogP contribution is -2.37. The number of hydrogen-bond donors (Lipinski definition) is 1. The van der Waals surface area contributed by atoms with Crippen LogP contribution in [-0.4, -0.2) is 38.8 Å². The molecule has 140 valence electrons. The summed E-state index contributed by atoms with van der Waals surface area (Å²) < 4.78 is 31.7. The predicted octanol–water partition coefficient (Wildman–Crippen LogP) is 3.31. The number of anilines is 1. The minimum absolute atomic E-state index is 0.00767. The van der Waals surface area contributed by atoms with Crippen molar-refractivity contribution in [1.29, 1.82) is 0 Å². The van der Waals surface area contributed by atoms with Crippen LogP contribution < -0.4 is 10.1 Å². The van der Waals surface area contributed by atoms with Gasteiger partial charge < -0.3 is 10.1 Å². The highest BCUT2D eigenvalue weighted by Gasteiger charge is 2.26. The normalized spacial score (nSPS) is 11.4. The zero-order chi connectivity index (χ0) is 19.3. The highest BCUT2D eigenvalue weighted by atomic mass is 35.5. The fourth-order valence-corrected chi connectivity index (χ4v) is 4.08. The Kier molecular flexibility index (Phi) is 6.63. The van der Waals surface area contributed by atoms with Gasteiger partial charge in [0.25, 0.3) is 0 Å². The van der Waals surface area contributed by atoms with Crippen molar-refractivity contribution in [3.05, 3.63) is 53.1 Å². The van der Waals surface area contributed by atoms with Crippen LogP contribution >= 0.6 is 11.6 Å². The van der Waals surface area contributed by atoms with E-state index in [9.17, 15) is 13.2 Å². The number of aryl methyl sites for hydroxylation is 1. The smallest absolute Gasteiger partial charge is 0.243 e. The Hall–Kier alpha value is -2.09. The van der Waals surface area contributed by atoms with E-state index in [1.165, 1.54) is 25.3 Å². The minimum atomic E-state index is -3.86. The van der Waals surface area contributed by atoms with E-state index in [0.29, 0.717) is 11.4 Å². The van der Waals surface area contributed by atoms with Gasteiger partial charge in [-0.2, -0.15) is 4.31 Å². The number of hydrogen-bond acceptors (Lipinski definition) is 4. The van der Waals surface area contributed by atoms with E-state index >= 15 is 0 Å². The van der Waals surface area contributed by atoms with Gasteiger partial charge in [-0.25, -0.2) is 8.42 Å². The van der Waals surface area contributed by atoms with Crippen LogP contribution in [0.3, 0.4) is 0 Å². The van der Waals surface area contributed by atoms with Gasteiger partial charge in [-0.15, -0.1) is 0 Å². The van der Waals surface area contributed by atoms with Crippen LogP contribution in [0.1, 0.15) is 12.5 Å². The second-order valence-corrected chi connectivity index (χ2v) is 7.99. The quantitative estimate of drug-likeness (QED) is 0.779. The summed E-state index contributed by atoms with van der Waals surface area (Å²) in [6.45, 7) is 3.46. The van der Waals surface area contributed by atoms with Crippen molar-refractivity contribution in [2.75, 3.05) is 25.5 Å². The van der Waals surface area contributed by atoms with Crippen LogP contribution in [0.2, 0.25) is 5.02 Å². The summed E-state index contributed by atoms with van der Waals surface area (Å²) in [5.74, 6) is -0.0373. The Morgan fingerprint density at radius 2 is 1.85 bits per heavy atom. The fourth-order valence-electron chi connectivity index (χ4n) is 2.32. The van der Waals surface area contributed by atoms with Gasteiger partial charge >= 0.3 is 0 Å². The van der Waals surface area contributed by atoms with Gasteiger partial charge in [0.05, 0.1) is 23.6 Å². The zero-order valence-electron chi connectivity index (χ0n) is 14.8. The Morgan fingerprint density at radius 3 is 2.38 bits per heavy atom. The summed E-state index contributed by atoms with van der Waals surface area (Å²) >= 11 is 6.02. The van der Waals surface area contributed by atoms with E-state index < -0.39 is 15.9 Å². The molecule has 26 heavy (non-hydrogen) atoms. The van der Waals surface area contributed by atoms with Gasteiger partial charge in [0.15, 0.2) is 0 Å². The third kappa shape index (κ3) is 4.75. The van der Waals surface area contributed by atoms with Crippen molar-refractivity contribution in [2.45, 2.75) is 18.7 Å². The molecule has 8 heteroatoms. The average molecular weight is 397 g/mol. The molecule has 0 radical (unpaired) electrons. The van der Waals surface area contributed by atoms with E-state index in [1.54, 1.807) is 19.1 Å². The summed E-state index contributed by atoms with van der Waals surface area (Å²) in [6, 6.07) is 11.5. The molecule has 1 amide bonds. The number of nitrogens with one attached hydrogen (secondary N) is 1. The van der Waals surface area contributed by atoms with Crippen molar-refractivity contribution in [3.63, 3.8) is 0 Å². The number of methoxy groups -OCH3 is 1. The molecule has 0 saturated carbocycles. The van der Waals surface area contributed by atoms with Crippen LogP contribution in [-0.2, 0) is 14.8 Å². The van der Waals surface area contributed by atoms with Gasteiger partial charge in [0, 0.05) is 12.2 Å². The molecule has 0 atom stereocenters. The number of sulfonamides is 1. The molecular weight excluding hydrogens is 376 g/mol. The molecule has 0 aliphatic carbocycles. The molecule has 2 aromatic carbocycles. The molecule has 1 N–H and O–H groups in total. The summed E-state index contributed by atoms with van der Waals surface area (Å²) in [7, 11) is -2.41. The molecular formula is C18H21ClN2O4S. The number of carbonyl (C=O) groups is 1. The molecule has 0 aliphatic rings. The van der Waals surface area contributed by atoms with Gasteiger partial charge in [0.2, 0.25) is 15.9 Å². The summed E-state index contributed by atoms with van der Waals surface area (Å²) in [5, 5.41) is 2.88. The van der Waals surface area contributed by atoms with Crippen molar-refractivity contribution in [2.24, 2.45) is 0 Å². The van der Waals surface area contributed by atoms with Crippen LogP contribution in [0.5, 0.6) is 5.75 Å². The summed E-state index contributed by atoms with van der Waals surface area (Å²) in [5.41, 5.74) is 1.68. The van der Waals surface area contributed by atoms with Crippen LogP contribution in [0, 0.1) is 6.92 Å². The zero-order valence-corrected chi connectivity index (χ0v) is 16.4. The molecule has 0 aliphatic heterocycles. The van der Waals surface area contributed by atoms with E-state index in [2.05, 4.69) is 5.32 Å². The Labute approximate surface area is 158 Å². The molecule has 0 aromatic heterocycles. The van der Waals surface area contributed by atoms with Gasteiger partial charge in [-0.1, -0.05) is 36.2 Å². The Balaban J connectivity index is 2.16. The third-order valence-corrected chi connectivity index (χ3v) is 5.98. The topological polar surface area (TPSA) is 75.7 Å². The predicted molar refractivity (Wildman–Crippen MR) is 102 cm³/mol. The summed E-state index contributed by atoms with van der Waals surface area (Å²) in [4.78, 5) is 12.3. The first-order valence-electron chi connectivity index (χ1n) is 7.98. The standard InChI is InChI=1S/C18H21ClN2O4S/c1-4-21(12-18(22)20-14-7-5-13(2)6-8-14)26(23,24)15-9-10-17(25-3)16(19)11-15/h5-11H,4,12H2,1-3H3,(H,20,22). The third-order valence-electron chi connectivity index (χ3n) is 3.77. The van der Waals surface area contributed by atoms with Crippen molar-refractivity contribution in [1.82, 2.24) is 4.31 Å². The molecule has 0 heterocycles. The SMILES string of the molecule is CCN(CC(=O)Nc1ccc(C)cc1)S(=O)(=O)c1ccc(OC)c(Cl)c1. The van der Waals surface area contributed by atoms with E-state index in [4.69, 9.17) is 16.3 Å². The second-order valence-electron chi connectivity index (χ2n) is 5.64. The van der Waals surface area contributed by atoms with Gasteiger partial charge in [0.1, 0.15) is 5.75 Å². The molecule has 2 aromatic rings. The first-order chi connectivity index (χ1) is 12.3. The number of ether oxygens (including phenoxy) is 1. The fraction of sp³-hybridized carbons (Fsp3) is 0.278. The number of amides is 1. The lowest BCUT2D eigenvalue weighted by Gasteiger charge is -2.20. The maximum atomic E-state index is 12.8. The first-order valence-corrected chi connectivity index (χ1v) is 9.80. The maximum Gasteiger partial charge on any atom is 0.243 e. The van der Waals surface area contributed by atoms with E-state index in [0.717, 1.165) is 9.87 Å². The van der Waals surface area contributed by atoms with Gasteiger partial charge in [-0.3, -0.25) is 4.79 Å². The largest absolute Gasteiger partial charge is 0.495 e. The average Bonchev–Trinajstić information content (AvgIpc) is 2.61. The van der Waals surface area contributed by atoms with Crippen molar-refractivity contribution < 1.29 is 17.9 Å². The lowest BCUT2D eigenvalue weighted by atomic mass is 10.2. The molecule has 0 bridgehead atoms. The number of rotatable bonds is 7. The Morgan fingerprint density at radius 1 is 1.19 bits per heavy atom. The Bertz CT molecular complexity index is 883. The van der Waals surface area contributed by atoms with Crippen molar-refractivity contribution in [3.8, 4) is 5.75 Å². The van der Waals surface area contributed by atoms with Crippen LogP contribution in [0.15, 0.2) is 47.4 Å². The molecule has 0 saturated heterocycles. The lowest BCUT2D eigenvalue weighted by molar-refractivity contribution is -0.116. The number of benzene rings is 2. The van der Waals surface area contributed by atoms with Gasteiger partial charge in [-0.05, 0) is 37.3 Å². The maximum absolute atomic E-state index is 12.8. The number of likely N-dealkylation sites (N-methyl/N-ethyl adjacent to an activating group) is 1. The monoisotopic (exact) mass is 396 g/mol. The van der Waals surface area contributed by atoms with Crippen LogP contribution in [0.25, 0.3) is 0 Å². The molecule has 2 rings (SSSR count). The minimum Gasteiger partial charge on any atom is -0.495 e. The first kappa shape index (κ1) is 20.2. The molecule has 0 spiro atoms. The number of nitrogens with zero attached hydrogens (tertiary/aromatic N) is 1. The van der Waals surface area contributed by atoms with Crippen LogP contribution in [0.4, 0.5) is 5.69 Å². The highest BCUT2D eigenvalue weighted by Crippen LogP contribution is 2.28. The molecule has 6 nitrogen and oxygen atoms in total. The molecule has 0 unspecified atom stereocenters. The van der Waals surface area contributed by atoms with Crippen molar-refractivity contribution >= 4 is 33.2 Å². The van der Waals surface area contributed by atoms with E-state index in [1.807, 2.05) is 19.1 Å². The second kappa shape index (κ2) is 8.53. The summed E-state index contributed by atoms with van der Waals surface area (Å²) in [6.07, 6.45) is 0. The van der Waals surface area contributed by atoms with E-state index in [-0.39, 0.29) is 23.0 Å².